The molecule has 2 heterocycles. The molecule has 0 radical (unpaired) electrons. The molecular formula is C20H25N3. The highest BCUT2D eigenvalue weighted by atomic mass is 15.3. The Morgan fingerprint density at radius 3 is 2.57 bits per heavy atom. The topological polar surface area (TPSA) is 18.5 Å². The molecule has 2 aliphatic rings. The van der Waals surface area contributed by atoms with Crippen LogP contribution in [0.15, 0.2) is 48.5 Å². The lowest BCUT2D eigenvalue weighted by Crippen LogP contribution is -2.46. The molecule has 0 spiro atoms. The molecule has 0 aromatic heterocycles. The summed E-state index contributed by atoms with van der Waals surface area (Å²) < 4.78 is 0. The van der Waals surface area contributed by atoms with Gasteiger partial charge in [-0.25, -0.2) is 0 Å². The maximum absolute atomic E-state index is 3.44. The molecule has 3 heteroatoms. The summed E-state index contributed by atoms with van der Waals surface area (Å²) in [5, 5.41) is 3.44. The van der Waals surface area contributed by atoms with E-state index in [1.807, 2.05) is 0 Å². The summed E-state index contributed by atoms with van der Waals surface area (Å²) in [7, 11) is 0. The van der Waals surface area contributed by atoms with Gasteiger partial charge in [-0.15, -0.1) is 0 Å². The second-order valence-corrected chi connectivity index (χ2v) is 6.58. The van der Waals surface area contributed by atoms with Gasteiger partial charge in [0.2, 0.25) is 0 Å². The normalized spacial score (nSPS) is 17.8. The molecule has 0 saturated carbocycles. The van der Waals surface area contributed by atoms with Crippen LogP contribution < -0.4 is 10.2 Å². The number of piperazine rings is 1. The third kappa shape index (κ3) is 3.35. The molecule has 2 aromatic carbocycles. The van der Waals surface area contributed by atoms with E-state index >= 15 is 0 Å². The lowest BCUT2D eigenvalue weighted by atomic mass is 10.1. The second kappa shape index (κ2) is 6.63. The van der Waals surface area contributed by atoms with Gasteiger partial charge in [0.1, 0.15) is 0 Å². The Balaban J connectivity index is 1.28. The lowest BCUT2D eigenvalue weighted by Gasteiger charge is -2.36. The van der Waals surface area contributed by atoms with Crippen molar-refractivity contribution >= 4 is 11.4 Å². The predicted octanol–water partition coefficient (Wildman–Crippen LogP) is 3.02. The summed E-state index contributed by atoms with van der Waals surface area (Å²) in [6.45, 7) is 6.88. The van der Waals surface area contributed by atoms with Crippen molar-refractivity contribution in [2.45, 2.75) is 12.8 Å². The average Bonchev–Trinajstić information content (AvgIpc) is 3.09. The molecule has 2 aromatic rings. The van der Waals surface area contributed by atoms with Crippen LogP contribution in [0.3, 0.4) is 0 Å². The Morgan fingerprint density at radius 1 is 0.913 bits per heavy atom. The van der Waals surface area contributed by atoms with Gasteiger partial charge in [-0.05, 0) is 42.2 Å². The zero-order valence-corrected chi connectivity index (χ0v) is 13.7. The van der Waals surface area contributed by atoms with Gasteiger partial charge in [0.05, 0.1) is 0 Å². The zero-order chi connectivity index (χ0) is 15.5. The van der Waals surface area contributed by atoms with E-state index in [2.05, 4.69) is 63.6 Å². The highest BCUT2D eigenvalue weighted by molar-refractivity contribution is 5.56. The first-order valence-corrected chi connectivity index (χ1v) is 8.76. The number of hydrogen-bond acceptors (Lipinski definition) is 3. The molecule has 0 aliphatic carbocycles. The van der Waals surface area contributed by atoms with E-state index < -0.39 is 0 Å². The van der Waals surface area contributed by atoms with Crippen molar-refractivity contribution in [3.63, 3.8) is 0 Å². The molecule has 2 aliphatic heterocycles. The van der Waals surface area contributed by atoms with E-state index in [0.29, 0.717) is 0 Å². The number of para-hydroxylation sites is 1. The van der Waals surface area contributed by atoms with Crippen molar-refractivity contribution in [2.75, 3.05) is 49.5 Å². The number of fused-ring (bicyclic) bond motifs is 1. The molecule has 0 amide bonds. The van der Waals surface area contributed by atoms with Crippen LogP contribution in [0.4, 0.5) is 11.4 Å². The van der Waals surface area contributed by atoms with Crippen LogP contribution in [0.1, 0.15) is 11.1 Å². The van der Waals surface area contributed by atoms with Crippen LogP contribution in [0.2, 0.25) is 0 Å². The van der Waals surface area contributed by atoms with E-state index in [1.165, 1.54) is 55.0 Å². The molecule has 120 valence electrons. The minimum atomic E-state index is 1.10. The highest BCUT2D eigenvalue weighted by Gasteiger charge is 2.17. The summed E-state index contributed by atoms with van der Waals surface area (Å²) in [5.41, 5.74) is 5.68. The van der Waals surface area contributed by atoms with Gasteiger partial charge in [0, 0.05) is 50.6 Å². The van der Waals surface area contributed by atoms with Crippen molar-refractivity contribution in [2.24, 2.45) is 0 Å². The Bertz CT molecular complexity index is 645. The maximum atomic E-state index is 3.44. The average molecular weight is 307 g/mol. The van der Waals surface area contributed by atoms with Gasteiger partial charge in [0.25, 0.3) is 0 Å². The number of benzene rings is 2. The third-order valence-electron chi connectivity index (χ3n) is 5.09. The van der Waals surface area contributed by atoms with Gasteiger partial charge in [-0.3, -0.25) is 4.90 Å². The number of anilines is 2. The minimum Gasteiger partial charge on any atom is -0.384 e. The zero-order valence-electron chi connectivity index (χ0n) is 13.7. The molecule has 0 atom stereocenters. The van der Waals surface area contributed by atoms with Gasteiger partial charge >= 0.3 is 0 Å². The summed E-state index contributed by atoms with van der Waals surface area (Å²) in [6, 6.07) is 17.7. The SMILES string of the molecule is c1ccc(N2CCN(CCc3ccc4c(c3)CCN4)CC2)cc1. The molecule has 0 bridgehead atoms. The van der Waals surface area contributed by atoms with Gasteiger partial charge < -0.3 is 10.2 Å². The van der Waals surface area contributed by atoms with Crippen LogP contribution in [0.25, 0.3) is 0 Å². The molecule has 1 N–H and O–H groups in total. The minimum absolute atomic E-state index is 1.10. The Hall–Kier alpha value is -2.00. The van der Waals surface area contributed by atoms with E-state index in [1.54, 1.807) is 0 Å². The Kier molecular flexibility index (Phi) is 4.20. The summed E-state index contributed by atoms with van der Waals surface area (Å²) in [5.74, 6) is 0. The summed E-state index contributed by atoms with van der Waals surface area (Å²) in [6.07, 6.45) is 2.34. The van der Waals surface area contributed by atoms with Crippen LogP contribution in [-0.2, 0) is 12.8 Å². The standard InChI is InChI=1S/C20H25N3/c1-2-4-19(5-3-1)23-14-12-22(13-15-23)11-9-17-6-7-20-18(16-17)8-10-21-20/h1-7,16,21H,8-15H2. The van der Waals surface area contributed by atoms with E-state index in [-0.39, 0.29) is 0 Å². The fraction of sp³-hybridized carbons (Fsp3) is 0.400. The molecular weight excluding hydrogens is 282 g/mol. The Labute approximate surface area is 138 Å². The molecule has 3 nitrogen and oxygen atoms in total. The first kappa shape index (κ1) is 14.6. The number of rotatable bonds is 4. The second-order valence-electron chi connectivity index (χ2n) is 6.58. The molecule has 4 rings (SSSR count). The smallest absolute Gasteiger partial charge is 0.0373 e. The molecule has 0 unspecified atom stereocenters. The van der Waals surface area contributed by atoms with Gasteiger partial charge in [0.15, 0.2) is 0 Å². The molecule has 1 saturated heterocycles. The van der Waals surface area contributed by atoms with Crippen LogP contribution in [0.5, 0.6) is 0 Å². The van der Waals surface area contributed by atoms with Crippen molar-refractivity contribution in [1.29, 1.82) is 0 Å². The van der Waals surface area contributed by atoms with Crippen molar-refractivity contribution in [1.82, 2.24) is 4.90 Å². The van der Waals surface area contributed by atoms with E-state index in [4.69, 9.17) is 0 Å². The van der Waals surface area contributed by atoms with Crippen LogP contribution >= 0.6 is 0 Å². The van der Waals surface area contributed by atoms with Crippen LogP contribution in [-0.4, -0.2) is 44.2 Å². The highest BCUT2D eigenvalue weighted by Crippen LogP contribution is 2.23. The maximum Gasteiger partial charge on any atom is 0.0373 e. The number of nitrogens with one attached hydrogen (secondary N) is 1. The van der Waals surface area contributed by atoms with Crippen molar-refractivity contribution in [3.8, 4) is 0 Å². The first-order valence-electron chi connectivity index (χ1n) is 8.76. The van der Waals surface area contributed by atoms with E-state index in [9.17, 15) is 0 Å². The number of nitrogens with zero attached hydrogens (tertiary/aromatic N) is 2. The first-order chi connectivity index (χ1) is 11.4. The predicted molar refractivity (Wildman–Crippen MR) is 97.4 cm³/mol. The molecule has 23 heavy (non-hydrogen) atoms. The van der Waals surface area contributed by atoms with Gasteiger partial charge in [-0.2, -0.15) is 0 Å². The summed E-state index contributed by atoms with van der Waals surface area (Å²) >= 11 is 0. The summed E-state index contributed by atoms with van der Waals surface area (Å²) in [4.78, 5) is 5.10. The quantitative estimate of drug-likeness (QED) is 0.937. The number of hydrogen-bond donors (Lipinski definition) is 1. The van der Waals surface area contributed by atoms with Crippen LogP contribution in [0, 0.1) is 0 Å². The Morgan fingerprint density at radius 2 is 1.74 bits per heavy atom. The monoisotopic (exact) mass is 307 g/mol. The largest absolute Gasteiger partial charge is 0.384 e. The van der Waals surface area contributed by atoms with Crippen molar-refractivity contribution < 1.29 is 0 Å². The van der Waals surface area contributed by atoms with Gasteiger partial charge in [-0.1, -0.05) is 30.3 Å². The van der Waals surface area contributed by atoms with E-state index in [0.717, 1.165) is 19.6 Å². The fourth-order valence-corrected chi connectivity index (χ4v) is 3.67. The molecule has 1 fully saturated rings. The third-order valence-corrected chi connectivity index (χ3v) is 5.09. The fourth-order valence-electron chi connectivity index (χ4n) is 3.67. The van der Waals surface area contributed by atoms with Crippen molar-refractivity contribution in [3.05, 3.63) is 59.7 Å². The lowest BCUT2D eigenvalue weighted by molar-refractivity contribution is 0.261.